The van der Waals surface area contributed by atoms with Gasteiger partial charge in [0.1, 0.15) is 5.75 Å². The largest absolute Gasteiger partial charge is 0.493 e. The fourth-order valence-electron chi connectivity index (χ4n) is 2.60. The predicted molar refractivity (Wildman–Crippen MR) is 117 cm³/mol. The van der Waals surface area contributed by atoms with Gasteiger partial charge in [0.2, 0.25) is 0 Å². The molecular weight excluding hydrogens is 382 g/mol. The fourth-order valence-corrected chi connectivity index (χ4v) is 2.81. The van der Waals surface area contributed by atoms with Crippen molar-refractivity contribution >= 4 is 28.9 Å². The van der Waals surface area contributed by atoms with Gasteiger partial charge in [-0.3, -0.25) is 10.1 Å². The number of nitrogens with zero attached hydrogens (tertiary/aromatic N) is 1. The highest BCUT2D eigenvalue weighted by Crippen LogP contribution is 2.13. The lowest BCUT2D eigenvalue weighted by atomic mass is 10.2. The zero-order chi connectivity index (χ0) is 20.5. The molecule has 0 atom stereocenters. The molecule has 0 radical (unpaired) electrons. The summed E-state index contributed by atoms with van der Waals surface area (Å²) in [6.07, 6.45) is 0.818. The van der Waals surface area contributed by atoms with E-state index in [4.69, 9.17) is 22.2 Å². The van der Waals surface area contributed by atoms with Crippen molar-refractivity contribution in [3.05, 3.63) is 95.6 Å². The third-order valence-electron chi connectivity index (χ3n) is 4.12. The van der Waals surface area contributed by atoms with Crippen LogP contribution in [0.15, 0.2) is 78.9 Å². The molecule has 0 spiro atoms. The molecule has 0 saturated carbocycles. The summed E-state index contributed by atoms with van der Waals surface area (Å²) in [5.74, 6) is 0.391. The first kappa shape index (κ1) is 20.1. The Morgan fingerprint density at radius 3 is 2.31 bits per heavy atom. The Bertz CT molecular complexity index is 1010. The van der Waals surface area contributed by atoms with Gasteiger partial charge in [0.15, 0.2) is 5.11 Å². The Morgan fingerprint density at radius 1 is 0.966 bits per heavy atom. The highest BCUT2D eigenvalue weighted by molar-refractivity contribution is 7.80. The minimum atomic E-state index is -0.313. The lowest BCUT2D eigenvalue weighted by molar-refractivity contribution is 0.0977. The average molecular weight is 401 g/mol. The number of nitrogens with one attached hydrogen (secondary N) is 2. The number of carbonyl (C=O) groups excluding carboxylic acids is 1. The monoisotopic (exact) mass is 401 g/mol. The summed E-state index contributed by atoms with van der Waals surface area (Å²) < 4.78 is 5.73. The Labute approximate surface area is 174 Å². The van der Waals surface area contributed by atoms with Crippen molar-refractivity contribution < 1.29 is 9.53 Å². The second-order valence-electron chi connectivity index (χ2n) is 6.21. The summed E-state index contributed by atoms with van der Waals surface area (Å²) in [6.45, 7) is 0.564. The van der Waals surface area contributed by atoms with Gasteiger partial charge in [-0.05, 0) is 66.3 Å². The molecule has 1 amide bonds. The first-order valence-electron chi connectivity index (χ1n) is 9.03. The van der Waals surface area contributed by atoms with E-state index < -0.39 is 0 Å². The smallest absolute Gasteiger partial charge is 0.257 e. The Kier molecular flexibility index (Phi) is 6.93. The molecule has 0 unspecified atom stereocenters. The standard InChI is InChI=1S/C23H19N3O2S/c24-16-18-6-10-20(11-7-18)25-23(29)26-22(27)19-8-12-21(13-9-19)28-15-14-17-4-2-1-3-5-17/h1-13H,14-15H2,(H2,25,26,27,29). The van der Waals surface area contributed by atoms with E-state index in [0.717, 1.165) is 6.42 Å². The lowest BCUT2D eigenvalue weighted by Gasteiger charge is -2.10. The number of carbonyl (C=O) groups is 1. The van der Waals surface area contributed by atoms with E-state index in [-0.39, 0.29) is 11.0 Å². The molecule has 5 nitrogen and oxygen atoms in total. The average Bonchev–Trinajstić information content (AvgIpc) is 2.75. The Balaban J connectivity index is 1.47. The Morgan fingerprint density at radius 2 is 1.66 bits per heavy atom. The van der Waals surface area contributed by atoms with E-state index in [2.05, 4.69) is 22.8 Å². The van der Waals surface area contributed by atoms with E-state index in [1.54, 1.807) is 48.5 Å². The normalized spacial score (nSPS) is 9.90. The molecule has 0 aromatic heterocycles. The van der Waals surface area contributed by atoms with Gasteiger partial charge in [0.05, 0.1) is 18.2 Å². The predicted octanol–water partition coefficient (Wildman–Crippen LogP) is 4.31. The number of benzene rings is 3. The molecular formula is C23H19N3O2S. The van der Waals surface area contributed by atoms with Crippen molar-refractivity contribution in [1.82, 2.24) is 5.32 Å². The summed E-state index contributed by atoms with van der Waals surface area (Å²) in [5.41, 5.74) is 2.93. The molecule has 2 N–H and O–H groups in total. The number of thiocarbonyl (C=S) groups is 1. The van der Waals surface area contributed by atoms with Crippen LogP contribution in [-0.4, -0.2) is 17.6 Å². The SMILES string of the molecule is N#Cc1ccc(NC(=S)NC(=O)c2ccc(OCCc3ccccc3)cc2)cc1. The van der Waals surface area contributed by atoms with E-state index in [0.29, 0.717) is 29.2 Å². The molecule has 0 aliphatic rings. The quantitative estimate of drug-likeness (QED) is 0.602. The molecule has 0 heterocycles. The maximum Gasteiger partial charge on any atom is 0.257 e. The second-order valence-corrected chi connectivity index (χ2v) is 6.61. The number of hydrogen-bond donors (Lipinski definition) is 2. The number of rotatable bonds is 6. The van der Waals surface area contributed by atoms with E-state index in [1.165, 1.54) is 5.56 Å². The molecule has 3 aromatic rings. The molecule has 0 fully saturated rings. The van der Waals surface area contributed by atoms with Gasteiger partial charge in [0.25, 0.3) is 5.91 Å². The summed E-state index contributed by atoms with van der Waals surface area (Å²) in [7, 11) is 0. The molecule has 0 bridgehead atoms. The van der Waals surface area contributed by atoms with Crippen molar-refractivity contribution in [2.45, 2.75) is 6.42 Å². The van der Waals surface area contributed by atoms with E-state index in [1.807, 2.05) is 24.3 Å². The van der Waals surface area contributed by atoms with Gasteiger partial charge in [-0.2, -0.15) is 5.26 Å². The van der Waals surface area contributed by atoms with Gasteiger partial charge in [-0.1, -0.05) is 30.3 Å². The maximum absolute atomic E-state index is 12.3. The highest BCUT2D eigenvalue weighted by atomic mass is 32.1. The van der Waals surface area contributed by atoms with Gasteiger partial charge < -0.3 is 10.1 Å². The Hall–Kier alpha value is -3.69. The molecule has 0 aliphatic heterocycles. The number of anilines is 1. The maximum atomic E-state index is 12.3. The van der Waals surface area contributed by atoms with Gasteiger partial charge >= 0.3 is 0 Å². The highest BCUT2D eigenvalue weighted by Gasteiger charge is 2.08. The third-order valence-corrected chi connectivity index (χ3v) is 4.32. The van der Waals surface area contributed by atoms with Crippen molar-refractivity contribution in [2.75, 3.05) is 11.9 Å². The fraction of sp³-hybridized carbons (Fsp3) is 0.0870. The number of nitriles is 1. The molecule has 3 rings (SSSR count). The lowest BCUT2D eigenvalue weighted by Crippen LogP contribution is -2.34. The molecule has 6 heteroatoms. The summed E-state index contributed by atoms with van der Waals surface area (Å²) in [6, 6.07) is 25.8. The molecule has 0 saturated heterocycles. The van der Waals surface area contributed by atoms with Crippen LogP contribution in [0.4, 0.5) is 5.69 Å². The minimum Gasteiger partial charge on any atom is -0.493 e. The summed E-state index contributed by atoms with van der Waals surface area (Å²) >= 11 is 5.17. The van der Waals surface area contributed by atoms with Gasteiger partial charge in [0, 0.05) is 17.7 Å². The zero-order valence-corrected chi connectivity index (χ0v) is 16.4. The van der Waals surface area contributed by atoms with E-state index in [9.17, 15) is 4.79 Å². The van der Waals surface area contributed by atoms with Crippen molar-refractivity contribution in [2.24, 2.45) is 0 Å². The van der Waals surface area contributed by atoms with Crippen LogP contribution in [0.1, 0.15) is 21.5 Å². The van der Waals surface area contributed by atoms with Crippen LogP contribution in [0.25, 0.3) is 0 Å². The third kappa shape index (κ3) is 6.16. The van der Waals surface area contributed by atoms with Crippen LogP contribution in [-0.2, 0) is 6.42 Å². The second kappa shape index (κ2) is 10.0. The molecule has 29 heavy (non-hydrogen) atoms. The van der Waals surface area contributed by atoms with Crippen LogP contribution in [0, 0.1) is 11.3 Å². The van der Waals surface area contributed by atoms with Crippen LogP contribution < -0.4 is 15.4 Å². The van der Waals surface area contributed by atoms with Crippen LogP contribution in [0.5, 0.6) is 5.75 Å². The first-order valence-corrected chi connectivity index (χ1v) is 9.44. The van der Waals surface area contributed by atoms with Crippen molar-refractivity contribution in [1.29, 1.82) is 5.26 Å². The molecule has 144 valence electrons. The van der Waals surface area contributed by atoms with Crippen LogP contribution in [0.3, 0.4) is 0 Å². The van der Waals surface area contributed by atoms with Crippen molar-refractivity contribution in [3.63, 3.8) is 0 Å². The van der Waals surface area contributed by atoms with Crippen LogP contribution in [0.2, 0.25) is 0 Å². The van der Waals surface area contributed by atoms with Gasteiger partial charge in [-0.25, -0.2) is 0 Å². The topological polar surface area (TPSA) is 74.2 Å². The van der Waals surface area contributed by atoms with Crippen LogP contribution >= 0.6 is 12.2 Å². The summed E-state index contributed by atoms with van der Waals surface area (Å²) in [4.78, 5) is 12.3. The zero-order valence-electron chi connectivity index (χ0n) is 15.6. The van der Waals surface area contributed by atoms with E-state index >= 15 is 0 Å². The molecule has 0 aliphatic carbocycles. The first-order chi connectivity index (χ1) is 14.1. The van der Waals surface area contributed by atoms with Crippen molar-refractivity contribution in [3.8, 4) is 11.8 Å². The molecule has 3 aromatic carbocycles. The van der Waals surface area contributed by atoms with Gasteiger partial charge in [-0.15, -0.1) is 0 Å². The summed E-state index contributed by atoms with van der Waals surface area (Å²) in [5, 5.41) is 14.5. The number of amides is 1. The number of ether oxygens (including phenoxy) is 1. The minimum absolute atomic E-state index is 0.183. The number of hydrogen-bond acceptors (Lipinski definition) is 4.